The van der Waals surface area contributed by atoms with E-state index in [1.54, 1.807) is 0 Å². The van der Waals surface area contributed by atoms with E-state index in [-0.39, 0.29) is 23.8 Å². The van der Waals surface area contributed by atoms with Gasteiger partial charge < -0.3 is 10.4 Å². The SMILES string of the molecule is CC1(C)CCCCC1C(=O)NCC1CCCCC1CO. The molecule has 3 heteroatoms. The molecule has 2 saturated carbocycles. The Morgan fingerprint density at radius 3 is 2.40 bits per heavy atom. The van der Waals surface area contributed by atoms with Crippen molar-refractivity contribution in [2.45, 2.75) is 65.2 Å². The third-order valence-electron chi connectivity index (χ3n) is 5.66. The van der Waals surface area contributed by atoms with Crippen molar-refractivity contribution in [1.29, 1.82) is 0 Å². The Morgan fingerprint density at radius 2 is 1.75 bits per heavy atom. The number of nitrogens with one attached hydrogen (secondary N) is 1. The van der Waals surface area contributed by atoms with E-state index < -0.39 is 0 Å². The van der Waals surface area contributed by atoms with Gasteiger partial charge in [0.25, 0.3) is 0 Å². The summed E-state index contributed by atoms with van der Waals surface area (Å²) < 4.78 is 0. The molecular weight excluding hydrogens is 250 g/mol. The van der Waals surface area contributed by atoms with Gasteiger partial charge in [-0.1, -0.05) is 39.5 Å². The summed E-state index contributed by atoms with van der Waals surface area (Å²) in [5, 5.41) is 12.6. The van der Waals surface area contributed by atoms with Gasteiger partial charge in [-0.2, -0.15) is 0 Å². The molecule has 0 bridgehead atoms. The van der Waals surface area contributed by atoms with Crippen LogP contribution in [0.25, 0.3) is 0 Å². The van der Waals surface area contributed by atoms with Gasteiger partial charge in [-0.05, 0) is 42.9 Å². The maximum atomic E-state index is 12.5. The van der Waals surface area contributed by atoms with Crippen LogP contribution in [0.15, 0.2) is 0 Å². The Morgan fingerprint density at radius 1 is 1.10 bits per heavy atom. The summed E-state index contributed by atoms with van der Waals surface area (Å²) in [5.74, 6) is 1.29. The molecule has 2 N–H and O–H groups in total. The molecule has 0 aromatic heterocycles. The number of hydrogen-bond donors (Lipinski definition) is 2. The van der Waals surface area contributed by atoms with Crippen LogP contribution in [0, 0.1) is 23.2 Å². The molecule has 3 unspecified atom stereocenters. The maximum Gasteiger partial charge on any atom is 0.223 e. The highest BCUT2D eigenvalue weighted by Gasteiger charge is 2.37. The van der Waals surface area contributed by atoms with Gasteiger partial charge in [-0.3, -0.25) is 4.79 Å². The molecule has 0 radical (unpaired) electrons. The summed E-state index contributed by atoms with van der Waals surface area (Å²) in [5.41, 5.74) is 0.144. The summed E-state index contributed by atoms with van der Waals surface area (Å²) in [6.45, 7) is 5.49. The second-order valence-corrected chi connectivity index (χ2v) is 7.52. The average molecular weight is 281 g/mol. The molecule has 20 heavy (non-hydrogen) atoms. The van der Waals surface area contributed by atoms with Gasteiger partial charge >= 0.3 is 0 Å². The molecule has 2 aliphatic carbocycles. The summed E-state index contributed by atoms with van der Waals surface area (Å²) in [7, 11) is 0. The Bertz CT molecular complexity index is 327. The predicted octanol–water partition coefficient (Wildman–Crippen LogP) is 3.12. The lowest BCUT2D eigenvalue weighted by atomic mass is 9.68. The van der Waals surface area contributed by atoms with Crippen LogP contribution in [0.2, 0.25) is 0 Å². The minimum atomic E-state index is 0.144. The molecule has 0 heterocycles. The zero-order valence-electron chi connectivity index (χ0n) is 13.2. The fourth-order valence-electron chi connectivity index (χ4n) is 4.13. The van der Waals surface area contributed by atoms with Crippen LogP contribution in [-0.2, 0) is 4.79 Å². The van der Waals surface area contributed by atoms with Gasteiger partial charge in [0.2, 0.25) is 5.91 Å². The summed E-state index contributed by atoms with van der Waals surface area (Å²) in [4.78, 5) is 12.5. The zero-order chi connectivity index (χ0) is 14.6. The molecule has 2 rings (SSSR count). The Hall–Kier alpha value is -0.570. The van der Waals surface area contributed by atoms with Gasteiger partial charge in [-0.15, -0.1) is 0 Å². The number of aliphatic hydroxyl groups excluding tert-OH is 1. The fourth-order valence-corrected chi connectivity index (χ4v) is 4.13. The highest BCUT2D eigenvalue weighted by molar-refractivity contribution is 5.79. The second kappa shape index (κ2) is 6.93. The smallest absolute Gasteiger partial charge is 0.223 e. The number of amides is 1. The number of rotatable bonds is 4. The van der Waals surface area contributed by atoms with Crippen LogP contribution in [-0.4, -0.2) is 24.2 Å². The molecule has 0 aromatic carbocycles. The van der Waals surface area contributed by atoms with E-state index in [1.807, 2.05) is 0 Å². The van der Waals surface area contributed by atoms with Crippen molar-refractivity contribution in [2.24, 2.45) is 23.2 Å². The molecule has 0 aliphatic heterocycles. The normalized spacial score (nSPS) is 33.6. The molecule has 2 fully saturated rings. The lowest BCUT2D eigenvalue weighted by molar-refractivity contribution is -0.130. The van der Waals surface area contributed by atoms with Crippen molar-refractivity contribution in [2.75, 3.05) is 13.2 Å². The van der Waals surface area contributed by atoms with Gasteiger partial charge in [-0.25, -0.2) is 0 Å². The van der Waals surface area contributed by atoms with Gasteiger partial charge in [0.05, 0.1) is 0 Å². The lowest BCUT2D eigenvalue weighted by Gasteiger charge is -2.38. The van der Waals surface area contributed by atoms with Gasteiger partial charge in [0, 0.05) is 19.1 Å². The lowest BCUT2D eigenvalue weighted by Crippen LogP contribution is -2.44. The number of aliphatic hydroxyl groups is 1. The van der Waals surface area contributed by atoms with Crippen LogP contribution >= 0.6 is 0 Å². The molecule has 0 saturated heterocycles. The van der Waals surface area contributed by atoms with Gasteiger partial charge in [0.1, 0.15) is 0 Å². The first-order chi connectivity index (χ1) is 9.54. The van der Waals surface area contributed by atoms with E-state index in [2.05, 4.69) is 19.2 Å². The first-order valence-corrected chi connectivity index (χ1v) is 8.43. The van der Waals surface area contributed by atoms with Crippen LogP contribution < -0.4 is 5.32 Å². The molecule has 1 amide bonds. The molecule has 2 aliphatic rings. The van der Waals surface area contributed by atoms with Crippen molar-refractivity contribution in [1.82, 2.24) is 5.32 Å². The van der Waals surface area contributed by atoms with Crippen molar-refractivity contribution in [3.8, 4) is 0 Å². The minimum Gasteiger partial charge on any atom is -0.396 e. The fraction of sp³-hybridized carbons (Fsp3) is 0.941. The second-order valence-electron chi connectivity index (χ2n) is 7.52. The Balaban J connectivity index is 1.84. The molecule has 0 spiro atoms. The van der Waals surface area contributed by atoms with E-state index in [9.17, 15) is 9.90 Å². The summed E-state index contributed by atoms with van der Waals surface area (Å²) in [6.07, 6.45) is 9.37. The van der Waals surface area contributed by atoms with Gasteiger partial charge in [0.15, 0.2) is 0 Å². The third-order valence-corrected chi connectivity index (χ3v) is 5.66. The first-order valence-electron chi connectivity index (χ1n) is 8.43. The van der Waals surface area contributed by atoms with Crippen LogP contribution in [0.1, 0.15) is 65.2 Å². The minimum absolute atomic E-state index is 0.144. The monoisotopic (exact) mass is 281 g/mol. The molecular formula is C17H31NO2. The van der Waals surface area contributed by atoms with E-state index in [0.717, 1.165) is 32.2 Å². The predicted molar refractivity (Wildman–Crippen MR) is 81.3 cm³/mol. The topological polar surface area (TPSA) is 49.3 Å². The van der Waals surface area contributed by atoms with Crippen molar-refractivity contribution in [3.63, 3.8) is 0 Å². The highest BCUT2D eigenvalue weighted by Crippen LogP contribution is 2.40. The quantitative estimate of drug-likeness (QED) is 0.832. The number of hydrogen-bond acceptors (Lipinski definition) is 2. The number of carbonyl (C=O) groups excluding carboxylic acids is 1. The van der Waals surface area contributed by atoms with E-state index in [0.29, 0.717) is 11.8 Å². The van der Waals surface area contributed by atoms with Crippen LogP contribution in [0.4, 0.5) is 0 Å². The standard InChI is InChI=1S/C17H31NO2/c1-17(2)10-6-5-9-15(17)16(20)18-11-13-7-3-4-8-14(13)12-19/h13-15,19H,3-12H2,1-2H3,(H,18,20). The van der Waals surface area contributed by atoms with Crippen molar-refractivity contribution in [3.05, 3.63) is 0 Å². The molecule has 3 nitrogen and oxygen atoms in total. The van der Waals surface area contributed by atoms with Crippen molar-refractivity contribution < 1.29 is 9.90 Å². The van der Waals surface area contributed by atoms with E-state index in [4.69, 9.17) is 0 Å². The van der Waals surface area contributed by atoms with E-state index in [1.165, 1.54) is 25.7 Å². The van der Waals surface area contributed by atoms with Crippen LogP contribution in [0.3, 0.4) is 0 Å². The average Bonchev–Trinajstić information content (AvgIpc) is 2.44. The third kappa shape index (κ3) is 3.75. The highest BCUT2D eigenvalue weighted by atomic mass is 16.3. The first kappa shape index (κ1) is 15.8. The van der Waals surface area contributed by atoms with Crippen molar-refractivity contribution >= 4 is 5.91 Å². The largest absolute Gasteiger partial charge is 0.396 e. The molecule has 3 atom stereocenters. The summed E-state index contributed by atoms with van der Waals surface area (Å²) >= 11 is 0. The Labute approximate surface area is 123 Å². The Kier molecular flexibility index (Phi) is 5.48. The molecule has 116 valence electrons. The number of carbonyl (C=O) groups is 1. The molecule has 0 aromatic rings. The summed E-state index contributed by atoms with van der Waals surface area (Å²) in [6, 6.07) is 0. The van der Waals surface area contributed by atoms with E-state index >= 15 is 0 Å². The maximum absolute atomic E-state index is 12.5. The zero-order valence-corrected chi connectivity index (χ0v) is 13.2. The van der Waals surface area contributed by atoms with Crippen LogP contribution in [0.5, 0.6) is 0 Å².